The third-order valence-corrected chi connectivity index (χ3v) is 2.34. The zero-order valence-electron chi connectivity index (χ0n) is 9.27. The fraction of sp³-hybridized carbons (Fsp3) is 0.154. The van der Waals surface area contributed by atoms with Gasteiger partial charge >= 0.3 is 5.97 Å². The van der Waals surface area contributed by atoms with Gasteiger partial charge in [0.25, 0.3) is 0 Å². The molecule has 17 heavy (non-hydrogen) atoms. The van der Waals surface area contributed by atoms with Crippen molar-refractivity contribution in [3.8, 4) is 0 Å². The van der Waals surface area contributed by atoms with Gasteiger partial charge in [-0.2, -0.15) is 0 Å². The number of carbonyl (C=O) groups is 1. The predicted molar refractivity (Wildman–Crippen MR) is 59.3 cm³/mol. The predicted octanol–water partition coefficient (Wildman–Crippen LogP) is 2.80. The van der Waals surface area contributed by atoms with Crippen LogP contribution in [0.1, 0.15) is 21.9 Å². The van der Waals surface area contributed by atoms with E-state index in [4.69, 9.17) is 4.42 Å². The third-order valence-electron chi connectivity index (χ3n) is 2.34. The molecular formula is C13H11FO3. The quantitative estimate of drug-likeness (QED) is 0.766. The van der Waals surface area contributed by atoms with E-state index < -0.39 is 5.97 Å². The van der Waals surface area contributed by atoms with Crippen molar-refractivity contribution < 1.29 is 18.3 Å². The van der Waals surface area contributed by atoms with Gasteiger partial charge in [-0.3, -0.25) is 0 Å². The topological polar surface area (TPSA) is 39.4 Å². The van der Waals surface area contributed by atoms with Crippen LogP contribution in [-0.2, 0) is 11.2 Å². The van der Waals surface area contributed by atoms with Gasteiger partial charge in [0.1, 0.15) is 11.6 Å². The van der Waals surface area contributed by atoms with E-state index in [1.165, 1.54) is 19.2 Å². The number of rotatable bonds is 3. The van der Waals surface area contributed by atoms with Crippen molar-refractivity contribution in [2.75, 3.05) is 7.11 Å². The highest BCUT2D eigenvalue weighted by atomic mass is 19.1. The minimum atomic E-state index is -0.504. The minimum Gasteiger partial charge on any atom is -0.463 e. The molecule has 0 unspecified atom stereocenters. The van der Waals surface area contributed by atoms with E-state index in [2.05, 4.69) is 4.74 Å². The number of hydrogen-bond donors (Lipinski definition) is 0. The van der Waals surface area contributed by atoms with Crippen LogP contribution in [0.25, 0.3) is 0 Å². The Morgan fingerprint density at radius 2 is 1.94 bits per heavy atom. The van der Waals surface area contributed by atoms with E-state index in [0.717, 1.165) is 5.56 Å². The lowest BCUT2D eigenvalue weighted by molar-refractivity contribution is 0.0563. The van der Waals surface area contributed by atoms with Gasteiger partial charge in [0.15, 0.2) is 0 Å². The molecule has 0 bridgehead atoms. The fourth-order valence-electron chi connectivity index (χ4n) is 1.49. The van der Waals surface area contributed by atoms with Crippen LogP contribution in [0.5, 0.6) is 0 Å². The van der Waals surface area contributed by atoms with Gasteiger partial charge in [-0.15, -0.1) is 0 Å². The van der Waals surface area contributed by atoms with Crippen molar-refractivity contribution in [2.45, 2.75) is 6.42 Å². The molecule has 2 aromatic rings. The van der Waals surface area contributed by atoms with Gasteiger partial charge in [-0.25, -0.2) is 9.18 Å². The molecule has 1 aromatic carbocycles. The molecule has 0 saturated heterocycles. The van der Waals surface area contributed by atoms with Gasteiger partial charge in [0, 0.05) is 6.42 Å². The molecule has 4 heteroatoms. The summed E-state index contributed by atoms with van der Waals surface area (Å²) < 4.78 is 22.5. The Morgan fingerprint density at radius 1 is 1.24 bits per heavy atom. The second-order valence-corrected chi connectivity index (χ2v) is 3.56. The normalized spacial score (nSPS) is 10.2. The number of hydrogen-bond acceptors (Lipinski definition) is 3. The van der Waals surface area contributed by atoms with Crippen LogP contribution in [0, 0.1) is 5.82 Å². The van der Waals surface area contributed by atoms with Gasteiger partial charge in [-0.05, 0) is 29.8 Å². The molecule has 0 spiro atoms. The second kappa shape index (κ2) is 4.82. The van der Waals surface area contributed by atoms with Gasteiger partial charge < -0.3 is 9.15 Å². The molecule has 1 aromatic heterocycles. The summed E-state index contributed by atoms with van der Waals surface area (Å²) in [5.74, 6) is 0.0282. The maximum atomic E-state index is 12.7. The van der Waals surface area contributed by atoms with E-state index in [9.17, 15) is 9.18 Å². The Hall–Kier alpha value is -2.10. The summed E-state index contributed by atoms with van der Waals surface area (Å²) in [5, 5.41) is 0. The first-order chi connectivity index (χ1) is 8.19. The molecule has 0 amide bonds. The van der Waals surface area contributed by atoms with Crippen molar-refractivity contribution in [1.82, 2.24) is 0 Å². The molecule has 88 valence electrons. The van der Waals surface area contributed by atoms with Crippen molar-refractivity contribution in [1.29, 1.82) is 0 Å². The summed E-state index contributed by atoms with van der Waals surface area (Å²) >= 11 is 0. The second-order valence-electron chi connectivity index (χ2n) is 3.56. The molecule has 0 atom stereocenters. The van der Waals surface area contributed by atoms with E-state index in [-0.39, 0.29) is 11.6 Å². The maximum Gasteiger partial charge on any atom is 0.373 e. The summed E-state index contributed by atoms with van der Waals surface area (Å²) in [6, 6.07) is 9.39. The average Bonchev–Trinajstić information content (AvgIpc) is 2.80. The highest BCUT2D eigenvalue weighted by Gasteiger charge is 2.11. The zero-order valence-corrected chi connectivity index (χ0v) is 9.27. The number of ether oxygens (including phenoxy) is 1. The Balaban J connectivity index is 2.11. The van der Waals surface area contributed by atoms with Crippen LogP contribution >= 0.6 is 0 Å². The summed E-state index contributed by atoms with van der Waals surface area (Å²) in [7, 11) is 1.30. The van der Waals surface area contributed by atoms with Crippen LogP contribution in [-0.4, -0.2) is 13.1 Å². The number of methoxy groups -OCH3 is 1. The van der Waals surface area contributed by atoms with Crippen LogP contribution in [0.2, 0.25) is 0 Å². The van der Waals surface area contributed by atoms with E-state index in [1.54, 1.807) is 24.3 Å². The van der Waals surface area contributed by atoms with Crippen LogP contribution in [0.3, 0.4) is 0 Å². The summed E-state index contributed by atoms with van der Waals surface area (Å²) in [6.45, 7) is 0. The maximum absolute atomic E-state index is 12.7. The molecule has 0 radical (unpaired) electrons. The van der Waals surface area contributed by atoms with Crippen molar-refractivity contribution in [3.63, 3.8) is 0 Å². The smallest absolute Gasteiger partial charge is 0.373 e. The van der Waals surface area contributed by atoms with Crippen LogP contribution in [0.4, 0.5) is 4.39 Å². The Bertz CT molecular complexity index is 514. The molecule has 0 N–H and O–H groups in total. The Morgan fingerprint density at radius 3 is 2.59 bits per heavy atom. The number of furan rings is 1. The van der Waals surface area contributed by atoms with E-state index >= 15 is 0 Å². The lowest BCUT2D eigenvalue weighted by atomic mass is 10.1. The largest absolute Gasteiger partial charge is 0.463 e. The zero-order chi connectivity index (χ0) is 12.3. The van der Waals surface area contributed by atoms with E-state index in [1.807, 2.05) is 0 Å². The van der Waals surface area contributed by atoms with Crippen LogP contribution < -0.4 is 0 Å². The van der Waals surface area contributed by atoms with Crippen LogP contribution in [0.15, 0.2) is 40.8 Å². The van der Waals surface area contributed by atoms with E-state index in [0.29, 0.717) is 12.2 Å². The van der Waals surface area contributed by atoms with Gasteiger partial charge in [-0.1, -0.05) is 12.1 Å². The molecule has 0 aliphatic heterocycles. The number of esters is 1. The molecule has 0 fully saturated rings. The van der Waals surface area contributed by atoms with Gasteiger partial charge in [0.05, 0.1) is 7.11 Å². The Labute approximate surface area is 97.8 Å². The number of carbonyl (C=O) groups excluding carboxylic acids is 1. The SMILES string of the molecule is COC(=O)c1ccc(Cc2ccc(F)cc2)o1. The lowest BCUT2D eigenvalue weighted by Crippen LogP contribution is -1.98. The number of benzene rings is 1. The molecule has 0 aliphatic carbocycles. The summed E-state index contributed by atoms with van der Waals surface area (Å²) in [5.41, 5.74) is 0.914. The molecule has 0 saturated carbocycles. The molecular weight excluding hydrogens is 223 g/mol. The highest BCUT2D eigenvalue weighted by molar-refractivity contribution is 5.86. The Kier molecular flexibility index (Phi) is 3.23. The summed E-state index contributed by atoms with van der Waals surface area (Å²) in [6.07, 6.45) is 0.511. The van der Waals surface area contributed by atoms with Crippen molar-refractivity contribution >= 4 is 5.97 Å². The van der Waals surface area contributed by atoms with Gasteiger partial charge in [0.2, 0.25) is 5.76 Å². The standard InChI is InChI=1S/C13H11FO3/c1-16-13(15)12-7-6-11(17-12)8-9-2-4-10(14)5-3-9/h2-7H,8H2,1H3. The minimum absolute atomic E-state index is 0.171. The highest BCUT2D eigenvalue weighted by Crippen LogP contribution is 2.14. The third kappa shape index (κ3) is 2.72. The molecule has 1 heterocycles. The summed E-state index contributed by atoms with van der Waals surface area (Å²) in [4.78, 5) is 11.2. The monoisotopic (exact) mass is 234 g/mol. The first-order valence-corrected chi connectivity index (χ1v) is 5.10. The fourth-order valence-corrected chi connectivity index (χ4v) is 1.49. The molecule has 0 aliphatic rings. The molecule has 3 nitrogen and oxygen atoms in total. The first kappa shape index (κ1) is 11.4. The van der Waals surface area contributed by atoms with Crippen molar-refractivity contribution in [2.24, 2.45) is 0 Å². The lowest BCUT2D eigenvalue weighted by Gasteiger charge is -1.98. The molecule has 2 rings (SSSR count). The number of halogens is 1. The first-order valence-electron chi connectivity index (χ1n) is 5.10. The average molecular weight is 234 g/mol. The van der Waals surface area contributed by atoms with Crippen molar-refractivity contribution in [3.05, 3.63) is 59.3 Å².